The molecule has 0 amide bonds. The zero-order valence-corrected chi connectivity index (χ0v) is 14.8. The Labute approximate surface area is 156 Å². The van der Waals surface area contributed by atoms with E-state index in [0.717, 1.165) is 34.1 Å². The van der Waals surface area contributed by atoms with Crippen molar-refractivity contribution in [3.8, 4) is 5.75 Å². The van der Waals surface area contributed by atoms with Gasteiger partial charge in [-0.3, -0.25) is 0 Å². The van der Waals surface area contributed by atoms with Crippen LogP contribution in [-0.4, -0.2) is 34.0 Å². The quantitative estimate of drug-likeness (QED) is 0.669. The molecule has 7 heteroatoms. The molecule has 0 spiro atoms. The van der Waals surface area contributed by atoms with Gasteiger partial charge in [0.15, 0.2) is 0 Å². The van der Waals surface area contributed by atoms with Gasteiger partial charge in [-0.15, -0.1) is 5.10 Å². The van der Waals surface area contributed by atoms with Gasteiger partial charge >= 0.3 is 0 Å². The summed E-state index contributed by atoms with van der Waals surface area (Å²) in [6.07, 6.45) is 1.88. The van der Waals surface area contributed by atoms with E-state index in [0.29, 0.717) is 25.7 Å². The van der Waals surface area contributed by atoms with Gasteiger partial charge in [0.2, 0.25) is 5.90 Å². The maximum Gasteiger partial charge on any atom is 0.216 e. The summed E-state index contributed by atoms with van der Waals surface area (Å²) in [6, 6.07) is 15.4. The highest BCUT2D eigenvalue weighted by Gasteiger charge is 2.10. The Morgan fingerprint density at radius 3 is 2.62 bits per heavy atom. The SMILES string of the molecule is Clc1ccc(Cn2cc(COc3ccc(C4=NCCO4)cc3)nn2)cc1. The van der Waals surface area contributed by atoms with Crippen LogP contribution in [0.2, 0.25) is 5.02 Å². The van der Waals surface area contributed by atoms with Gasteiger partial charge in [0.1, 0.15) is 24.7 Å². The average Bonchev–Trinajstić information content (AvgIpc) is 3.35. The normalized spacial score (nSPS) is 13.3. The second-order valence-corrected chi connectivity index (χ2v) is 6.32. The van der Waals surface area contributed by atoms with Crippen LogP contribution in [0.25, 0.3) is 0 Å². The van der Waals surface area contributed by atoms with Crippen LogP contribution < -0.4 is 4.74 Å². The fourth-order valence-corrected chi connectivity index (χ4v) is 2.75. The van der Waals surface area contributed by atoms with Crippen molar-refractivity contribution >= 4 is 17.5 Å². The van der Waals surface area contributed by atoms with Crippen molar-refractivity contribution in [3.63, 3.8) is 0 Å². The van der Waals surface area contributed by atoms with Crippen molar-refractivity contribution in [1.29, 1.82) is 0 Å². The van der Waals surface area contributed by atoms with Crippen molar-refractivity contribution < 1.29 is 9.47 Å². The molecule has 2 aromatic carbocycles. The summed E-state index contributed by atoms with van der Waals surface area (Å²) in [5.74, 6) is 1.46. The zero-order chi connectivity index (χ0) is 17.8. The maximum atomic E-state index is 5.90. The van der Waals surface area contributed by atoms with E-state index >= 15 is 0 Å². The maximum absolute atomic E-state index is 5.90. The minimum Gasteiger partial charge on any atom is -0.487 e. The molecule has 0 radical (unpaired) electrons. The Morgan fingerprint density at radius 2 is 1.88 bits per heavy atom. The number of benzene rings is 2. The molecule has 132 valence electrons. The van der Waals surface area contributed by atoms with Crippen molar-refractivity contribution in [1.82, 2.24) is 15.0 Å². The molecule has 4 rings (SSSR count). The van der Waals surface area contributed by atoms with E-state index in [9.17, 15) is 0 Å². The number of rotatable bonds is 6. The van der Waals surface area contributed by atoms with Crippen molar-refractivity contribution in [3.05, 3.63) is 76.6 Å². The van der Waals surface area contributed by atoms with Gasteiger partial charge in [0.25, 0.3) is 0 Å². The van der Waals surface area contributed by atoms with Gasteiger partial charge < -0.3 is 9.47 Å². The molecule has 26 heavy (non-hydrogen) atoms. The van der Waals surface area contributed by atoms with Crippen molar-refractivity contribution in [2.24, 2.45) is 4.99 Å². The first-order chi connectivity index (χ1) is 12.8. The molecular weight excluding hydrogens is 352 g/mol. The van der Waals surface area contributed by atoms with Crippen LogP contribution in [0, 0.1) is 0 Å². The molecule has 0 bridgehead atoms. The van der Waals surface area contributed by atoms with E-state index in [1.807, 2.05) is 54.7 Å². The topological polar surface area (TPSA) is 61.5 Å². The third-order valence-corrected chi connectivity index (χ3v) is 4.17. The summed E-state index contributed by atoms with van der Waals surface area (Å²) in [6.45, 7) is 2.37. The first kappa shape index (κ1) is 16.6. The molecule has 3 aromatic rings. The van der Waals surface area contributed by atoms with Crippen LogP contribution >= 0.6 is 11.6 Å². The molecular formula is C19H17ClN4O2. The second kappa shape index (κ2) is 7.58. The predicted octanol–water partition coefficient (Wildman–Crippen LogP) is 3.34. The van der Waals surface area contributed by atoms with E-state index in [1.54, 1.807) is 4.68 Å². The summed E-state index contributed by atoms with van der Waals surface area (Å²) in [5.41, 5.74) is 2.84. The van der Waals surface area contributed by atoms with Gasteiger partial charge in [-0.1, -0.05) is 28.9 Å². The summed E-state index contributed by atoms with van der Waals surface area (Å²) < 4.78 is 13.0. The van der Waals surface area contributed by atoms with Crippen LogP contribution in [0.5, 0.6) is 5.75 Å². The zero-order valence-electron chi connectivity index (χ0n) is 14.0. The molecule has 1 aliphatic rings. The lowest BCUT2D eigenvalue weighted by Crippen LogP contribution is -2.01. The highest BCUT2D eigenvalue weighted by molar-refractivity contribution is 6.30. The molecule has 0 N–H and O–H groups in total. The van der Waals surface area contributed by atoms with E-state index in [4.69, 9.17) is 21.1 Å². The Kier molecular flexibility index (Phi) is 4.84. The molecule has 0 atom stereocenters. The number of hydrogen-bond acceptors (Lipinski definition) is 5. The monoisotopic (exact) mass is 368 g/mol. The Morgan fingerprint density at radius 1 is 1.08 bits per heavy atom. The summed E-state index contributed by atoms with van der Waals surface area (Å²) in [5, 5.41) is 9.00. The third kappa shape index (κ3) is 4.03. The van der Waals surface area contributed by atoms with E-state index in [2.05, 4.69) is 15.3 Å². The summed E-state index contributed by atoms with van der Waals surface area (Å²) >= 11 is 5.90. The summed E-state index contributed by atoms with van der Waals surface area (Å²) in [4.78, 5) is 4.30. The fourth-order valence-electron chi connectivity index (χ4n) is 2.62. The Bertz CT molecular complexity index is 904. The lowest BCUT2D eigenvalue weighted by atomic mass is 10.2. The first-order valence-electron chi connectivity index (χ1n) is 8.30. The molecule has 0 unspecified atom stereocenters. The largest absolute Gasteiger partial charge is 0.487 e. The lowest BCUT2D eigenvalue weighted by molar-refractivity contribution is 0.301. The van der Waals surface area contributed by atoms with E-state index < -0.39 is 0 Å². The number of aliphatic imine (C=N–C) groups is 1. The van der Waals surface area contributed by atoms with Crippen LogP contribution in [0.1, 0.15) is 16.8 Å². The molecule has 2 heterocycles. The number of ether oxygens (including phenoxy) is 2. The van der Waals surface area contributed by atoms with Gasteiger partial charge in [-0.2, -0.15) is 0 Å². The molecule has 0 aliphatic carbocycles. The van der Waals surface area contributed by atoms with E-state index in [1.165, 1.54) is 0 Å². The fraction of sp³-hybridized carbons (Fsp3) is 0.211. The minimum absolute atomic E-state index is 0.359. The smallest absolute Gasteiger partial charge is 0.216 e. The third-order valence-electron chi connectivity index (χ3n) is 3.92. The van der Waals surface area contributed by atoms with Gasteiger partial charge in [-0.25, -0.2) is 9.67 Å². The minimum atomic E-state index is 0.359. The molecule has 1 aliphatic heterocycles. The predicted molar refractivity (Wildman–Crippen MR) is 98.7 cm³/mol. The number of aromatic nitrogens is 3. The molecule has 0 saturated heterocycles. The highest BCUT2D eigenvalue weighted by atomic mass is 35.5. The molecule has 0 saturated carbocycles. The van der Waals surface area contributed by atoms with Crippen LogP contribution in [-0.2, 0) is 17.9 Å². The Balaban J connectivity index is 1.33. The van der Waals surface area contributed by atoms with Crippen LogP contribution in [0.15, 0.2) is 59.7 Å². The molecule has 0 fully saturated rings. The summed E-state index contributed by atoms with van der Waals surface area (Å²) in [7, 11) is 0. The van der Waals surface area contributed by atoms with Gasteiger partial charge in [0, 0.05) is 10.6 Å². The van der Waals surface area contributed by atoms with Crippen LogP contribution in [0.3, 0.4) is 0 Å². The van der Waals surface area contributed by atoms with Crippen molar-refractivity contribution in [2.45, 2.75) is 13.2 Å². The van der Waals surface area contributed by atoms with Gasteiger partial charge in [-0.05, 0) is 42.0 Å². The lowest BCUT2D eigenvalue weighted by Gasteiger charge is -2.05. The Hall–Kier alpha value is -2.86. The molecule has 1 aromatic heterocycles. The van der Waals surface area contributed by atoms with Crippen LogP contribution in [0.4, 0.5) is 0 Å². The van der Waals surface area contributed by atoms with Crippen molar-refractivity contribution in [2.75, 3.05) is 13.2 Å². The highest BCUT2D eigenvalue weighted by Crippen LogP contribution is 2.16. The standard InChI is InChI=1S/C19H17ClN4O2/c20-16-5-1-14(2-6-16)11-24-12-17(22-23-24)13-26-18-7-3-15(4-8-18)19-21-9-10-25-19/h1-8,12H,9-11,13H2. The first-order valence-corrected chi connectivity index (χ1v) is 8.68. The average molecular weight is 369 g/mol. The van der Waals surface area contributed by atoms with Gasteiger partial charge in [0.05, 0.1) is 19.3 Å². The number of hydrogen-bond donors (Lipinski definition) is 0. The number of halogens is 1. The second-order valence-electron chi connectivity index (χ2n) is 5.88. The molecule has 6 nitrogen and oxygen atoms in total. The number of nitrogens with zero attached hydrogens (tertiary/aromatic N) is 4. The van der Waals surface area contributed by atoms with E-state index in [-0.39, 0.29) is 0 Å².